The topological polar surface area (TPSA) is 86.9 Å². The maximum absolute atomic E-state index is 11.2. The van der Waals surface area contributed by atoms with Crippen molar-refractivity contribution >= 4 is 16.8 Å². The number of amides is 1. The summed E-state index contributed by atoms with van der Waals surface area (Å²) < 4.78 is 6.95. The van der Waals surface area contributed by atoms with Gasteiger partial charge in [-0.2, -0.15) is 0 Å². The summed E-state index contributed by atoms with van der Waals surface area (Å²) in [5, 5.41) is 8.50. The van der Waals surface area contributed by atoms with E-state index in [4.69, 9.17) is 10.2 Å². The van der Waals surface area contributed by atoms with Crippen molar-refractivity contribution in [2.24, 2.45) is 5.73 Å². The molecular weight excluding hydrogens is 232 g/mol. The molecular formula is C12H10N4O2. The highest BCUT2D eigenvalue weighted by Gasteiger charge is 2.15. The second-order valence-corrected chi connectivity index (χ2v) is 3.88. The molecule has 6 heteroatoms. The lowest BCUT2D eigenvalue weighted by atomic mass is 10.2. The molecule has 3 aromatic rings. The molecule has 0 aliphatic heterocycles. The molecule has 0 aliphatic carbocycles. The van der Waals surface area contributed by atoms with Crippen molar-refractivity contribution in [3.8, 4) is 11.6 Å². The van der Waals surface area contributed by atoms with Gasteiger partial charge < -0.3 is 14.7 Å². The highest BCUT2D eigenvalue weighted by Crippen LogP contribution is 2.26. The van der Waals surface area contributed by atoms with Gasteiger partial charge in [-0.05, 0) is 12.1 Å². The van der Waals surface area contributed by atoms with Crippen LogP contribution in [0.2, 0.25) is 0 Å². The molecule has 6 nitrogen and oxygen atoms in total. The smallest absolute Gasteiger partial charge is 0.264 e. The number of rotatable bonds is 3. The molecule has 0 saturated carbocycles. The Balaban J connectivity index is 2.26. The summed E-state index contributed by atoms with van der Waals surface area (Å²) >= 11 is 0. The number of carbonyl (C=O) groups excluding carboxylic acids is 1. The molecule has 2 N–H and O–H groups in total. The molecule has 0 atom stereocenters. The molecule has 2 heterocycles. The number of primary amides is 1. The number of hydrogen-bond acceptors (Lipinski definition) is 4. The van der Waals surface area contributed by atoms with Gasteiger partial charge in [-0.1, -0.05) is 18.2 Å². The lowest BCUT2D eigenvalue weighted by Crippen LogP contribution is -2.19. The summed E-state index contributed by atoms with van der Waals surface area (Å²) in [5.41, 5.74) is 6.86. The van der Waals surface area contributed by atoms with Gasteiger partial charge in [0, 0.05) is 10.9 Å². The molecule has 0 saturated heterocycles. The maximum Gasteiger partial charge on any atom is 0.264 e. The van der Waals surface area contributed by atoms with Crippen molar-refractivity contribution in [1.82, 2.24) is 14.8 Å². The zero-order valence-electron chi connectivity index (χ0n) is 9.41. The van der Waals surface area contributed by atoms with Crippen LogP contribution in [0, 0.1) is 0 Å². The van der Waals surface area contributed by atoms with E-state index < -0.39 is 5.91 Å². The predicted octanol–water partition coefficient (Wildman–Crippen LogP) is 1.18. The van der Waals surface area contributed by atoms with Crippen molar-refractivity contribution in [2.45, 2.75) is 6.54 Å². The normalized spacial score (nSPS) is 10.9. The molecule has 0 radical (unpaired) electrons. The Morgan fingerprint density at radius 3 is 2.94 bits per heavy atom. The predicted molar refractivity (Wildman–Crippen MR) is 64.4 cm³/mol. The number of fused-ring (bicyclic) bond motifs is 1. The first kappa shape index (κ1) is 10.5. The quantitative estimate of drug-likeness (QED) is 0.747. The van der Waals surface area contributed by atoms with Crippen LogP contribution in [0.25, 0.3) is 22.5 Å². The van der Waals surface area contributed by atoms with Crippen LogP contribution in [-0.4, -0.2) is 20.7 Å². The van der Waals surface area contributed by atoms with Crippen LogP contribution in [0.15, 0.2) is 41.1 Å². The van der Waals surface area contributed by atoms with Gasteiger partial charge in [0.05, 0.1) is 0 Å². The van der Waals surface area contributed by atoms with Gasteiger partial charge in [-0.15, -0.1) is 10.2 Å². The Kier molecular flexibility index (Phi) is 2.33. The van der Waals surface area contributed by atoms with E-state index in [0.29, 0.717) is 11.6 Å². The molecule has 18 heavy (non-hydrogen) atoms. The standard InChI is InChI=1S/C12H10N4O2/c13-11(17)6-16-9-4-2-1-3-8(9)5-10(16)12-15-14-7-18-12/h1-5,7H,6H2,(H2,13,17). The van der Waals surface area contributed by atoms with E-state index in [2.05, 4.69) is 10.2 Å². The van der Waals surface area contributed by atoms with Gasteiger partial charge in [0.1, 0.15) is 12.2 Å². The Labute approximate surface area is 102 Å². The van der Waals surface area contributed by atoms with Gasteiger partial charge in [-0.3, -0.25) is 4.79 Å². The number of carbonyl (C=O) groups is 1. The molecule has 0 unspecified atom stereocenters. The average Bonchev–Trinajstić information content (AvgIpc) is 2.96. The first-order chi connectivity index (χ1) is 8.75. The minimum Gasteiger partial charge on any atom is -0.422 e. The SMILES string of the molecule is NC(=O)Cn1c(-c2nnco2)cc2ccccc21. The van der Waals surface area contributed by atoms with E-state index in [9.17, 15) is 4.79 Å². The van der Waals surface area contributed by atoms with Crippen LogP contribution < -0.4 is 5.73 Å². The molecule has 2 aromatic heterocycles. The van der Waals surface area contributed by atoms with E-state index in [0.717, 1.165) is 10.9 Å². The van der Waals surface area contributed by atoms with Gasteiger partial charge in [-0.25, -0.2) is 0 Å². The van der Waals surface area contributed by atoms with Crippen molar-refractivity contribution < 1.29 is 9.21 Å². The number of para-hydroxylation sites is 1. The summed E-state index contributed by atoms with van der Waals surface area (Å²) in [4.78, 5) is 11.2. The summed E-state index contributed by atoms with van der Waals surface area (Å²) in [7, 11) is 0. The molecule has 90 valence electrons. The van der Waals surface area contributed by atoms with Gasteiger partial charge in [0.15, 0.2) is 0 Å². The first-order valence-electron chi connectivity index (χ1n) is 5.39. The minimum atomic E-state index is -0.419. The third-order valence-electron chi connectivity index (χ3n) is 2.70. The fourth-order valence-corrected chi connectivity index (χ4v) is 2.00. The second-order valence-electron chi connectivity index (χ2n) is 3.88. The Morgan fingerprint density at radius 2 is 2.22 bits per heavy atom. The minimum absolute atomic E-state index is 0.0746. The summed E-state index contributed by atoms with van der Waals surface area (Å²) in [6, 6.07) is 9.59. The van der Waals surface area contributed by atoms with Crippen LogP contribution in [0.1, 0.15) is 0 Å². The third-order valence-corrected chi connectivity index (χ3v) is 2.70. The number of hydrogen-bond donors (Lipinski definition) is 1. The Morgan fingerprint density at radius 1 is 1.39 bits per heavy atom. The molecule has 0 spiro atoms. The average molecular weight is 242 g/mol. The summed E-state index contributed by atoms with van der Waals surface area (Å²) in [6.45, 7) is 0.0746. The second kappa shape index (κ2) is 3.99. The first-order valence-corrected chi connectivity index (χ1v) is 5.39. The van der Waals surface area contributed by atoms with Crippen molar-refractivity contribution in [2.75, 3.05) is 0 Å². The van der Waals surface area contributed by atoms with Crippen LogP contribution in [0.4, 0.5) is 0 Å². The van der Waals surface area contributed by atoms with Gasteiger partial charge in [0.2, 0.25) is 12.3 Å². The summed E-state index contributed by atoms with van der Waals surface area (Å²) in [5.74, 6) is -0.0513. The van der Waals surface area contributed by atoms with Crippen molar-refractivity contribution in [3.05, 3.63) is 36.7 Å². The van der Waals surface area contributed by atoms with Crippen LogP contribution in [0.3, 0.4) is 0 Å². The fraction of sp³-hybridized carbons (Fsp3) is 0.0833. The number of benzene rings is 1. The van der Waals surface area contributed by atoms with E-state index in [1.165, 1.54) is 6.39 Å². The van der Waals surface area contributed by atoms with Crippen LogP contribution in [-0.2, 0) is 11.3 Å². The molecule has 3 rings (SSSR count). The third kappa shape index (κ3) is 1.64. The number of aromatic nitrogens is 3. The fourth-order valence-electron chi connectivity index (χ4n) is 2.00. The maximum atomic E-state index is 11.2. The lowest BCUT2D eigenvalue weighted by molar-refractivity contribution is -0.118. The van der Waals surface area contributed by atoms with E-state index >= 15 is 0 Å². The molecule has 1 amide bonds. The number of nitrogens with two attached hydrogens (primary N) is 1. The zero-order valence-corrected chi connectivity index (χ0v) is 9.41. The molecule has 0 fully saturated rings. The van der Waals surface area contributed by atoms with Crippen molar-refractivity contribution in [3.63, 3.8) is 0 Å². The molecule has 1 aromatic carbocycles. The van der Waals surface area contributed by atoms with E-state index in [1.54, 1.807) is 4.57 Å². The monoisotopic (exact) mass is 242 g/mol. The van der Waals surface area contributed by atoms with E-state index in [-0.39, 0.29) is 6.54 Å². The van der Waals surface area contributed by atoms with Gasteiger partial charge >= 0.3 is 0 Å². The van der Waals surface area contributed by atoms with Crippen molar-refractivity contribution in [1.29, 1.82) is 0 Å². The summed E-state index contributed by atoms with van der Waals surface area (Å²) in [6.07, 6.45) is 1.25. The van der Waals surface area contributed by atoms with Crippen LogP contribution in [0.5, 0.6) is 0 Å². The van der Waals surface area contributed by atoms with Crippen LogP contribution >= 0.6 is 0 Å². The zero-order chi connectivity index (χ0) is 12.5. The number of nitrogens with zero attached hydrogens (tertiary/aromatic N) is 3. The Hall–Kier alpha value is -2.63. The lowest BCUT2D eigenvalue weighted by Gasteiger charge is -2.05. The van der Waals surface area contributed by atoms with E-state index in [1.807, 2.05) is 30.3 Å². The highest BCUT2D eigenvalue weighted by molar-refractivity contribution is 5.87. The highest BCUT2D eigenvalue weighted by atomic mass is 16.4. The molecule has 0 bridgehead atoms. The Bertz CT molecular complexity index is 700. The molecule has 0 aliphatic rings. The largest absolute Gasteiger partial charge is 0.422 e. The van der Waals surface area contributed by atoms with Gasteiger partial charge in [0.25, 0.3) is 5.89 Å².